The van der Waals surface area contributed by atoms with Gasteiger partial charge >= 0.3 is 0 Å². The fourth-order valence-electron chi connectivity index (χ4n) is 1.79. The van der Waals surface area contributed by atoms with Gasteiger partial charge in [-0.15, -0.1) is 0 Å². The van der Waals surface area contributed by atoms with Gasteiger partial charge in [-0.3, -0.25) is 4.98 Å². The zero-order chi connectivity index (χ0) is 15.5. The quantitative estimate of drug-likeness (QED) is 0.912. The Morgan fingerprint density at radius 3 is 2.62 bits per heavy atom. The zero-order valence-electron chi connectivity index (χ0n) is 13.3. The fraction of sp³-hybridized carbons (Fsp3) is 0.438. The predicted octanol–water partition coefficient (Wildman–Crippen LogP) is 3.71. The van der Waals surface area contributed by atoms with Crippen LogP contribution in [0.4, 0.5) is 5.82 Å². The summed E-state index contributed by atoms with van der Waals surface area (Å²) in [6.45, 7) is 9.36. The Morgan fingerprint density at radius 2 is 2.00 bits per heavy atom. The van der Waals surface area contributed by atoms with Crippen molar-refractivity contribution in [3.63, 3.8) is 0 Å². The van der Waals surface area contributed by atoms with Crippen molar-refractivity contribution in [1.29, 1.82) is 0 Å². The molecule has 5 heteroatoms. The highest BCUT2D eigenvalue weighted by atomic mass is 32.2. The van der Waals surface area contributed by atoms with E-state index in [1.165, 1.54) is 0 Å². The number of pyridine rings is 1. The molecule has 0 amide bonds. The molecule has 0 unspecified atom stereocenters. The molecule has 0 aliphatic heterocycles. The summed E-state index contributed by atoms with van der Waals surface area (Å²) in [7, 11) is 0. The van der Waals surface area contributed by atoms with Crippen LogP contribution < -0.4 is 5.32 Å². The number of nitrogens with zero attached hydrogens (tertiary/aromatic N) is 3. The largest absolute Gasteiger partial charge is 0.368 e. The number of nitrogens with one attached hydrogen (secondary N) is 1. The van der Waals surface area contributed by atoms with E-state index < -0.39 is 0 Å². The van der Waals surface area contributed by atoms with Gasteiger partial charge in [0.05, 0.1) is 0 Å². The number of rotatable bonds is 5. The summed E-state index contributed by atoms with van der Waals surface area (Å²) in [6.07, 6.45) is 5.67. The fourth-order valence-corrected chi connectivity index (χ4v) is 2.01. The molecule has 0 atom stereocenters. The van der Waals surface area contributed by atoms with Crippen molar-refractivity contribution in [2.45, 2.75) is 32.4 Å². The van der Waals surface area contributed by atoms with Gasteiger partial charge < -0.3 is 5.32 Å². The highest BCUT2D eigenvalue weighted by Gasteiger charge is 2.17. The zero-order valence-corrected chi connectivity index (χ0v) is 14.1. The molecule has 4 nitrogen and oxygen atoms in total. The first-order valence-electron chi connectivity index (χ1n) is 6.97. The summed E-state index contributed by atoms with van der Waals surface area (Å²) in [5.74, 6) is 1.62. The molecule has 2 heterocycles. The van der Waals surface area contributed by atoms with E-state index in [0.717, 1.165) is 35.0 Å². The molecule has 0 aromatic carbocycles. The summed E-state index contributed by atoms with van der Waals surface area (Å²) >= 11 is 1.84. The van der Waals surface area contributed by atoms with Crippen LogP contribution in [0.15, 0.2) is 24.5 Å². The van der Waals surface area contributed by atoms with E-state index >= 15 is 0 Å². The standard InChI is InChI=1S/C16H22N4S/c1-11-12(2)19-15(13-7-6-8-17-9-13)20-14(11)18-10-16(3,4)21-5/h6-9H,10H2,1-5H3,(H,18,19,20). The molecule has 0 fully saturated rings. The van der Waals surface area contributed by atoms with Crippen LogP contribution >= 0.6 is 11.8 Å². The molecule has 0 saturated carbocycles. The summed E-state index contributed by atoms with van der Waals surface area (Å²) in [5.41, 5.74) is 3.03. The Hall–Kier alpha value is -1.62. The lowest BCUT2D eigenvalue weighted by Gasteiger charge is -2.23. The monoisotopic (exact) mass is 302 g/mol. The van der Waals surface area contributed by atoms with Gasteiger partial charge in [0.1, 0.15) is 5.82 Å². The van der Waals surface area contributed by atoms with Crippen LogP contribution in [0.3, 0.4) is 0 Å². The van der Waals surface area contributed by atoms with Crippen molar-refractivity contribution in [2.24, 2.45) is 0 Å². The minimum Gasteiger partial charge on any atom is -0.368 e. The van der Waals surface area contributed by atoms with Crippen LogP contribution in [0, 0.1) is 13.8 Å². The van der Waals surface area contributed by atoms with Crippen molar-refractivity contribution in [1.82, 2.24) is 15.0 Å². The SMILES string of the molecule is CSC(C)(C)CNc1nc(-c2cccnc2)nc(C)c1C. The highest BCUT2D eigenvalue weighted by Crippen LogP contribution is 2.24. The molecule has 112 valence electrons. The van der Waals surface area contributed by atoms with E-state index in [0.29, 0.717) is 0 Å². The molecule has 1 N–H and O–H groups in total. The molecule has 0 aliphatic carbocycles. The van der Waals surface area contributed by atoms with Gasteiger partial charge in [0, 0.05) is 40.5 Å². The molecule has 0 aliphatic rings. The second-order valence-electron chi connectivity index (χ2n) is 5.67. The van der Waals surface area contributed by atoms with E-state index in [2.05, 4.69) is 47.3 Å². The van der Waals surface area contributed by atoms with E-state index in [1.807, 2.05) is 30.8 Å². The van der Waals surface area contributed by atoms with Crippen LogP contribution in [0.2, 0.25) is 0 Å². The van der Waals surface area contributed by atoms with Crippen LogP contribution in [0.25, 0.3) is 11.4 Å². The predicted molar refractivity (Wildman–Crippen MR) is 90.8 cm³/mol. The maximum Gasteiger partial charge on any atom is 0.163 e. The van der Waals surface area contributed by atoms with Gasteiger partial charge in [0.15, 0.2) is 5.82 Å². The van der Waals surface area contributed by atoms with Crippen molar-refractivity contribution in [3.8, 4) is 11.4 Å². The van der Waals surface area contributed by atoms with Gasteiger partial charge in [-0.2, -0.15) is 11.8 Å². The van der Waals surface area contributed by atoms with Crippen LogP contribution in [-0.2, 0) is 0 Å². The Bertz CT molecular complexity index is 611. The van der Waals surface area contributed by atoms with Gasteiger partial charge in [-0.1, -0.05) is 0 Å². The van der Waals surface area contributed by atoms with E-state index in [-0.39, 0.29) is 4.75 Å². The minimum atomic E-state index is 0.166. The molecule has 0 bridgehead atoms. The second kappa shape index (κ2) is 6.43. The van der Waals surface area contributed by atoms with Crippen LogP contribution in [0.5, 0.6) is 0 Å². The first-order valence-corrected chi connectivity index (χ1v) is 8.20. The Morgan fingerprint density at radius 1 is 1.24 bits per heavy atom. The molecule has 0 saturated heterocycles. The van der Waals surface area contributed by atoms with Crippen LogP contribution in [0.1, 0.15) is 25.1 Å². The lowest BCUT2D eigenvalue weighted by atomic mass is 10.2. The molecule has 2 aromatic heterocycles. The van der Waals surface area contributed by atoms with Crippen molar-refractivity contribution in [3.05, 3.63) is 35.8 Å². The number of hydrogen-bond acceptors (Lipinski definition) is 5. The number of hydrogen-bond donors (Lipinski definition) is 1. The average molecular weight is 302 g/mol. The third-order valence-corrected chi connectivity index (χ3v) is 4.79. The molecular formula is C16H22N4S. The normalized spacial score (nSPS) is 11.5. The molecule has 0 radical (unpaired) electrons. The minimum absolute atomic E-state index is 0.166. The van der Waals surface area contributed by atoms with Crippen molar-refractivity contribution < 1.29 is 0 Å². The molecule has 2 aromatic rings. The van der Waals surface area contributed by atoms with Gasteiger partial charge in [-0.05, 0) is 46.1 Å². The molecule has 21 heavy (non-hydrogen) atoms. The maximum atomic E-state index is 4.67. The number of aryl methyl sites for hydroxylation is 1. The Balaban J connectivity index is 2.31. The van der Waals surface area contributed by atoms with Gasteiger partial charge in [0.25, 0.3) is 0 Å². The lowest BCUT2D eigenvalue weighted by molar-refractivity contribution is 0.748. The first kappa shape index (κ1) is 15.8. The number of aromatic nitrogens is 3. The van der Waals surface area contributed by atoms with Crippen LogP contribution in [-0.4, -0.2) is 32.5 Å². The smallest absolute Gasteiger partial charge is 0.163 e. The number of anilines is 1. The first-order chi connectivity index (χ1) is 9.93. The van der Waals surface area contributed by atoms with Gasteiger partial charge in [-0.25, -0.2) is 9.97 Å². The maximum absolute atomic E-state index is 4.67. The Labute approximate surface area is 130 Å². The second-order valence-corrected chi connectivity index (χ2v) is 7.18. The topological polar surface area (TPSA) is 50.7 Å². The molecular weight excluding hydrogens is 280 g/mol. The molecule has 2 rings (SSSR count). The van der Waals surface area contributed by atoms with Crippen molar-refractivity contribution in [2.75, 3.05) is 18.1 Å². The molecule has 0 spiro atoms. The lowest BCUT2D eigenvalue weighted by Crippen LogP contribution is -2.26. The summed E-state index contributed by atoms with van der Waals surface area (Å²) in [4.78, 5) is 13.4. The third kappa shape index (κ3) is 3.94. The number of thioether (sulfide) groups is 1. The van der Waals surface area contributed by atoms with E-state index in [1.54, 1.807) is 12.4 Å². The third-order valence-electron chi connectivity index (χ3n) is 3.54. The summed E-state index contributed by atoms with van der Waals surface area (Å²) < 4.78 is 0.166. The van der Waals surface area contributed by atoms with E-state index in [4.69, 9.17) is 0 Å². The Kier molecular flexibility index (Phi) is 4.83. The highest BCUT2D eigenvalue weighted by molar-refractivity contribution is 7.99. The summed E-state index contributed by atoms with van der Waals surface area (Å²) in [6, 6.07) is 3.88. The summed E-state index contributed by atoms with van der Waals surface area (Å²) in [5, 5.41) is 3.46. The van der Waals surface area contributed by atoms with E-state index in [9.17, 15) is 0 Å². The average Bonchev–Trinajstić information content (AvgIpc) is 2.49. The van der Waals surface area contributed by atoms with Crippen molar-refractivity contribution >= 4 is 17.6 Å². The van der Waals surface area contributed by atoms with Gasteiger partial charge in [0.2, 0.25) is 0 Å².